The molecule has 3 nitrogen and oxygen atoms in total. The van der Waals surface area contributed by atoms with Gasteiger partial charge in [0.1, 0.15) is 0 Å². The minimum absolute atomic E-state index is 0.323. The van der Waals surface area contributed by atoms with Crippen molar-refractivity contribution in [2.24, 2.45) is 0 Å². The molecule has 1 aliphatic heterocycles. The number of nitrogens with zero attached hydrogens (tertiary/aromatic N) is 1. The highest BCUT2D eigenvalue weighted by molar-refractivity contribution is 6.62. The Balaban J connectivity index is 1.75. The van der Waals surface area contributed by atoms with Crippen LogP contribution >= 0.6 is 0 Å². The second kappa shape index (κ2) is 5.84. The maximum atomic E-state index is 6.05. The molecule has 1 fully saturated rings. The van der Waals surface area contributed by atoms with Crippen LogP contribution in [0.5, 0.6) is 0 Å². The zero-order valence-electron chi connectivity index (χ0n) is 14.0. The predicted molar refractivity (Wildman–Crippen MR) is 92.4 cm³/mol. The van der Waals surface area contributed by atoms with Gasteiger partial charge in [-0.15, -0.1) is 0 Å². The topological polar surface area (TPSA) is 31.4 Å². The van der Waals surface area contributed by atoms with Gasteiger partial charge in [0.15, 0.2) is 0 Å². The molecule has 1 saturated heterocycles. The molecule has 0 atom stereocenters. The summed E-state index contributed by atoms with van der Waals surface area (Å²) in [4.78, 5) is 4.05. The van der Waals surface area contributed by atoms with Crippen LogP contribution in [0.1, 0.15) is 38.8 Å². The van der Waals surface area contributed by atoms with Crippen molar-refractivity contribution in [1.82, 2.24) is 4.98 Å². The molecule has 2 heterocycles. The summed E-state index contributed by atoms with van der Waals surface area (Å²) in [5, 5.41) is 0. The summed E-state index contributed by atoms with van der Waals surface area (Å²) in [6.07, 6.45) is 3.50. The summed E-state index contributed by atoms with van der Waals surface area (Å²) >= 11 is 0. The van der Waals surface area contributed by atoms with Gasteiger partial charge >= 0.3 is 7.12 Å². The maximum Gasteiger partial charge on any atom is 0.494 e. The molecule has 0 saturated carbocycles. The van der Waals surface area contributed by atoms with Crippen molar-refractivity contribution in [3.8, 4) is 11.8 Å². The van der Waals surface area contributed by atoms with Crippen LogP contribution < -0.4 is 5.46 Å². The van der Waals surface area contributed by atoms with Crippen LogP contribution in [0.25, 0.3) is 0 Å². The molecular weight excluding hydrogens is 285 g/mol. The number of rotatable bonds is 1. The Morgan fingerprint density at radius 2 is 1.48 bits per heavy atom. The molecule has 0 spiro atoms. The fraction of sp³-hybridized carbons (Fsp3) is 0.316. The molecule has 2 aromatic rings. The van der Waals surface area contributed by atoms with Crippen LogP contribution in [-0.4, -0.2) is 23.3 Å². The van der Waals surface area contributed by atoms with Gasteiger partial charge < -0.3 is 9.31 Å². The van der Waals surface area contributed by atoms with E-state index >= 15 is 0 Å². The van der Waals surface area contributed by atoms with Gasteiger partial charge in [0.25, 0.3) is 0 Å². The summed E-state index contributed by atoms with van der Waals surface area (Å²) in [6.45, 7) is 8.23. The van der Waals surface area contributed by atoms with Gasteiger partial charge in [0.2, 0.25) is 0 Å². The highest BCUT2D eigenvalue weighted by Crippen LogP contribution is 2.36. The molecule has 1 aromatic carbocycles. The quantitative estimate of drug-likeness (QED) is 0.600. The van der Waals surface area contributed by atoms with Crippen LogP contribution in [0, 0.1) is 11.8 Å². The van der Waals surface area contributed by atoms with Crippen molar-refractivity contribution in [3.63, 3.8) is 0 Å². The number of aromatic nitrogens is 1. The van der Waals surface area contributed by atoms with E-state index in [1.165, 1.54) is 0 Å². The molecule has 0 N–H and O–H groups in total. The third kappa shape index (κ3) is 3.31. The van der Waals surface area contributed by atoms with Crippen molar-refractivity contribution >= 4 is 12.6 Å². The molecule has 3 rings (SSSR count). The highest BCUT2D eigenvalue weighted by Gasteiger charge is 2.51. The molecule has 0 unspecified atom stereocenters. The second-order valence-electron chi connectivity index (χ2n) is 6.70. The van der Waals surface area contributed by atoms with Gasteiger partial charge in [0.05, 0.1) is 11.2 Å². The molecule has 116 valence electrons. The number of pyridine rings is 1. The van der Waals surface area contributed by atoms with Crippen molar-refractivity contribution in [2.45, 2.75) is 38.9 Å². The van der Waals surface area contributed by atoms with E-state index in [1.807, 2.05) is 36.4 Å². The normalized spacial score (nSPS) is 18.3. The van der Waals surface area contributed by atoms with E-state index in [0.29, 0.717) is 0 Å². The lowest BCUT2D eigenvalue weighted by Gasteiger charge is -2.32. The number of benzene rings is 1. The summed E-state index contributed by atoms with van der Waals surface area (Å²) < 4.78 is 12.1. The van der Waals surface area contributed by atoms with Gasteiger partial charge in [-0.2, -0.15) is 0 Å². The van der Waals surface area contributed by atoms with Crippen LogP contribution in [0.2, 0.25) is 0 Å². The minimum atomic E-state index is -0.333. The first-order valence-electron chi connectivity index (χ1n) is 7.75. The maximum absolute atomic E-state index is 6.05. The van der Waals surface area contributed by atoms with E-state index in [1.54, 1.807) is 12.4 Å². The summed E-state index contributed by atoms with van der Waals surface area (Å²) in [6, 6.07) is 11.8. The Morgan fingerprint density at radius 1 is 0.870 bits per heavy atom. The summed E-state index contributed by atoms with van der Waals surface area (Å²) in [7, 11) is -0.333. The Kier molecular flexibility index (Phi) is 4.01. The largest absolute Gasteiger partial charge is 0.494 e. The first-order valence-corrected chi connectivity index (χ1v) is 7.75. The fourth-order valence-electron chi connectivity index (χ4n) is 2.28. The minimum Gasteiger partial charge on any atom is -0.399 e. The van der Waals surface area contributed by atoms with E-state index in [2.05, 4.69) is 44.5 Å². The third-order valence-corrected chi connectivity index (χ3v) is 4.45. The van der Waals surface area contributed by atoms with E-state index in [-0.39, 0.29) is 18.3 Å². The van der Waals surface area contributed by atoms with E-state index in [9.17, 15) is 0 Å². The smallest absolute Gasteiger partial charge is 0.399 e. The molecule has 1 aromatic heterocycles. The highest BCUT2D eigenvalue weighted by atomic mass is 16.7. The lowest BCUT2D eigenvalue weighted by molar-refractivity contribution is 0.00578. The Morgan fingerprint density at radius 3 is 2.04 bits per heavy atom. The van der Waals surface area contributed by atoms with E-state index in [4.69, 9.17) is 9.31 Å². The monoisotopic (exact) mass is 305 g/mol. The molecule has 1 aliphatic rings. The van der Waals surface area contributed by atoms with Crippen LogP contribution in [0.15, 0.2) is 48.8 Å². The molecule has 0 radical (unpaired) electrons. The fourth-order valence-corrected chi connectivity index (χ4v) is 2.28. The molecule has 0 aliphatic carbocycles. The molecule has 4 heteroatoms. The van der Waals surface area contributed by atoms with Gasteiger partial charge in [-0.1, -0.05) is 24.0 Å². The molecule has 0 bridgehead atoms. The lowest BCUT2D eigenvalue weighted by Crippen LogP contribution is -2.41. The van der Waals surface area contributed by atoms with Crippen LogP contribution in [-0.2, 0) is 9.31 Å². The summed E-state index contributed by atoms with van der Waals surface area (Å²) in [5.41, 5.74) is 2.22. The van der Waals surface area contributed by atoms with E-state index < -0.39 is 0 Å². The van der Waals surface area contributed by atoms with Crippen molar-refractivity contribution in [2.75, 3.05) is 0 Å². The van der Waals surface area contributed by atoms with E-state index in [0.717, 1.165) is 16.6 Å². The van der Waals surface area contributed by atoms with Gasteiger partial charge in [-0.05, 0) is 57.4 Å². The predicted octanol–water partition coefficient (Wildman–Crippen LogP) is 2.78. The third-order valence-electron chi connectivity index (χ3n) is 4.45. The number of hydrogen-bond acceptors (Lipinski definition) is 3. The van der Waals surface area contributed by atoms with Crippen LogP contribution in [0.4, 0.5) is 0 Å². The standard InChI is InChI=1S/C19H20BNO2/c1-18(2)19(3,4)23-20(22-18)17-11-9-15(10-12-17)7-8-16-6-5-13-21-14-16/h5-6,9-14H,1-4H3. The van der Waals surface area contributed by atoms with Crippen molar-refractivity contribution in [1.29, 1.82) is 0 Å². The van der Waals surface area contributed by atoms with Crippen molar-refractivity contribution < 1.29 is 9.31 Å². The van der Waals surface area contributed by atoms with Gasteiger partial charge in [0, 0.05) is 23.5 Å². The Hall–Kier alpha value is -2.09. The lowest BCUT2D eigenvalue weighted by atomic mass is 9.79. The zero-order chi connectivity index (χ0) is 16.5. The summed E-state index contributed by atoms with van der Waals surface area (Å²) in [5.74, 6) is 6.24. The number of hydrogen-bond donors (Lipinski definition) is 0. The molecular formula is C19H20BNO2. The Labute approximate surface area is 138 Å². The molecule has 23 heavy (non-hydrogen) atoms. The van der Waals surface area contributed by atoms with Gasteiger partial charge in [-0.25, -0.2) is 0 Å². The first kappa shape index (κ1) is 15.8. The van der Waals surface area contributed by atoms with Crippen LogP contribution in [0.3, 0.4) is 0 Å². The first-order chi connectivity index (χ1) is 10.9. The molecule has 0 amide bonds. The Bertz CT molecular complexity index is 726. The second-order valence-corrected chi connectivity index (χ2v) is 6.70. The average Bonchev–Trinajstić information content (AvgIpc) is 2.75. The zero-order valence-corrected chi connectivity index (χ0v) is 14.0. The van der Waals surface area contributed by atoms with Crippen molar-refractivity contribution in [3.05, 3.63) is 59.9 Å². The average molecular weight is 305 g/mol. The van der Waals surface area contributed by atoms with Gasteiger partial charge in [-0.3, -0.25) is 4.98 Å². The SMILES string of the molecule is CC1(C)OB(c2ccc(C#Cc3cccnc3)cc2)OC1(C)C.